The summed E-state index contributed by atoms with van der Waals surface area (Å²) in [5, 5.41) is 22.4. The van der Waals surface area contributed by atoms with Crippen LogP contribution in [-0.4, -0.2) is 22.5 Å². The van der Waals surface area contributed by atoms with Crippen LogP contribution in [0.5, 0.6) is 0 Å². The van der Waals surface area contributed by atoms with E-state index in [2.05, 4.69) is 5.32 Å². The van der Waals surface area contributed by atoms with Gasteiger partial charge in [0.05, 0.1) is 4.92 Å². The first kappa shape index (κ1) is 14.2. The topological polar surface area (TPSA) is 92.5 Å². The summed E-state index contributed by atoms with van der Waals surface area (Å²) in [6, 6.07) is 4.57. The van der Waals surface area contributed by atoms with Crippen LogP contribution in [0, 0.1) is 16.0 Å². The Labute approximate surface area is 109 Å². The Morgan fingerprint density at radius 1 is 1.61 bits per heavy atom. The molecule has 0 spiro atoms. The van der Waals surface area contributed by atoms with Gasteiger partial charge in [-0.2, -0.15) is 0 Å². The molecule has 1 unspecified atom stereocenters. The van der Waals surface area contributed by atoms with E-state index in [1.165, 1.54) is 12.1 Å². The third kappa shape index (κ3) is 3.89. The predicted octanol–water partition coefficient (Wildman–Crippen LogP) is 2.77. The van der Waals surface area contributed by atoms with Crippen molar-refractivity contribution in [3.63, 3.8) is 0 Å². The summed E-state index contributed by atoms with van der Waals surface area (Å²) in [6.07, 6.45) is 0.00135. The summed E-state index contributed by atoms with van der Waals surface area (Å²) < 4.78 is 0. The molecule has 0 saturated carbocycles. The summed E-state index contributed by atoms with van der Waals surface area (Å²) >= 11 is 5.75. The molecule has 0 heterocycles. The molecule has 0 saturated heterocycles. The Bertz CT molecular complexity index is 464. The van der Waals surface area contributed by atoms with Crippen LogP contribution in [0.1, 0.15) is 13.3 Å². The van der Waals surface area contributed by atoms with Crippen LogP contribution in [-0.2, 0) is 4.79 Å². The van der Waals surface area contributed by atoms with Crippen molar-refractivity contribution >= 4 is 28.9 Å². The molecule has 0 bridgehead atoms. The molecule has 98 valence electrons. The van der Waals surface area contributed by atoms with Crippen LogP contribution in [0.4, 0.5) is 11.4 Å². The molecule has 0 aliphatic heterocycles. The van der Waals surface area contributed by atoms with Crippen molar-refractivity contribution in [2.24, 2.45) is 5.92 Å². The summed E-state index contributed by atoms with van der Waals surface area (Å²) in [5.74, 6) is -1.04. The van der Waals surface area contributed by atoms with E-state index >= 15 is 0 Å². The minimum atomic E-state index is -0.898. The second kappa shape index (κ2) is 6.20. The van der Waals surface area contributed by atoms with Crippen molar-refractivity contribution in [2.75, 3.05) is 11.9 Å². The van der Waals surface area contributed by atoms with Gasteiger partial charge in [0, 0.05) is 13.0 Å². The number of nitrogens with one attached hydrogen (secondary N) is 1. The van der Waals surface area contributed by atoms with Crippen molar-refractivity contribution in [3.8, 4) is 0 Å². The van der Waals surface area contributed by atoms with E-state index in [-0.39, 0.29) is 23.0 Å². The van der Waals surface area contributed by atoms with Crippen LogP contribution in [0.25, 0.3) is 0 Å². The number of carboxylic acids is 1. The largest absolute Gasteiger partial charge is 0.481 e. The minimum absolute atomic E-state index is 0.00135. The summed E-state index contributed by atoms with van der Waals surface area (Å²) in [7, 11) is 0. The van der Waals surface area contributed by atoms with E-state index in [4.69, 9.17) is 16.7 Å². The van der Waals surface area contributed by atoms with E-state index < -0.39 is 10.9 Å². The lowest BCUT2D eigenvalue weighted by Crippen LogP contribution is -2.15. The first-order valence-electron chi connectivity index (χ1n) is 5.30. The van der Waals surface area contributed by atoms with Gasteiger partial charge >= 0.3 is 11.7 Å². The number of hydrogen-bond acceptors (Lipinski definition) is 4. The lowest BCUT2D eigenvalue weighted by molar-refractivity contribution is -0.383. The minimum Gasteiger partial charge on any atom is -0.481 e. The van der Waals surface area contributed by atoms with E-state index in [1.807, 2.05) is 0 Å². The molecule has 1 aromatic rings. The molecule has 18 heavy (non-hydrogen) atoms. The normalized spacial score (nSPS) is 11.9. The van der Waals surface area contributed by atoms with Crippen molar-refractivity contribution in [1.29, 1.82) is 0 Å². The van der Waals surface area contributed by atoms with Gasteiger partial charge in [-0.3, -0.25) is 14.9 Å². The monoisotopic (exact) mass is 272 g/mol. The van der Waals surface area contributed by atoms with Crippen LogP contribution >= 0.6 is 11.6 Å². The molecule has 0 amide bonds. The first-order chi connectivity index (χ1) is 8.41. The molecule has 1 aromatic carbocycles. The van der Waals surface area contributed by atoms with Crippen molar-refractivity contribution in [1.82, 2.24) is 0 Å². The number of nitro benzene ring substituents is 1. The number of hydrogen-bond donors (Lipinski definition) is 2. The molecular formula is C11H13ClN2O4. The van der Waals surface area contributed by atoms with Gasteiger partial charge in [-0.15, -0.1) is 0 Å². The van der Waals surface area contributed by atoms with Crippen molar-refractivity contribution in [2.45, 2.75) is 13.3 Å². The highest BCUT2D eigenvalue weighted by atomic mass is 35.5. The number of anilines is 1. The van der Waals surface area contributed by atoms with E-state index in [1.54, 1.807) is 13.0 Å². The van der Waals surface area contributed by atoms with E-state index in [0.29, 0.717) is 12.2 Å². The van der Waals surface area contributed by atoms with Gasteiger partial charge in [-0.1, -0.05) is 24.6 Å². The van der Waals surface area contributed by atoms with Gasteiger partial charge in [0.2, 0.25) is 0 Å². The van der Waals surface area contributed by atoms with E-state index in [9.17, 15) is 14.9 Å². The van der Waals surface area contributed by atoms with Crippen LogP contribution in [0.2, 0.25) is 5.02 Å². The molecule has 1 atom stereocenters. The van der Waals surface area contributed by atoms with Gasteiger partial charge in [-0.05, 0) is 18.1 Å². The quantitative estimate of drug-likeness (QED) is 0.613. The first-order valence-corrected chi connectivity index (χ1v) is 5.68. The molecule has 0 aliphatic carbocycles. The number of carbonyl (C=O) groups is 1. The highest BCUT2D eigenvalue weighted by Gasteiger charge is 2.18. The zero-order valence-electron chi connectivity index (χ0n) is 9.72. The van der Waals surface area contributed by atoms with Crippen LogP contribution < -0.4 is 5.32 Å². The molecule has 7 heteroatoms. The Morgan fingerprint density at radius 3 is 2.83 bits per heavy atom. The lowest BCUT2D eigenvalue weighted by atomic mass is 10.1. The molecule has 6 nitrogen and oxygen atoms in total. The lowest BCUT2D eigenvalue weighted by Gasteiger charge is -2.12. The fraction of sp³-hybridized carbons (Fsp3) is 0.364. The smallest absolute Gasteiger partial charge is 0.310 e. The Morgan fingerprint density at radius 2 is 2.28 bits per heavy atom. The standard InChI is InChI=1S/C11H13ClN2O4/c1-7(5-10(15)16)6-13-9-4-2-3-8(12)11(9)14(17)18/h2-4,7,13H,5-6H2,1H3,(H,15,16). The highest BCUT2D eigenvalue weighted by Crippen LogP contribution is 2.32. The molecule has 0 aromatic heterocycles. The van der Waals surface area contributed by atoms with Crippen molar-refractivity contribution in [3.05, 3.63) is 33.3 Å². The second-order valence-electron chi connectivity index (χ2n) is 3.98. The van der Waals surface area contributed by atoms with Crippen molar-refractivity contribution < 1.29 is 14.8 Å². The second-order valence-corrected chi connectivity index (χ2v) is 4.38. The zero-order chi connectivity index (χ0) is 13.7. The maximum atomic E-state index is 10.9. The maximum Gasteiger partial charge on any atom is 0.310 e. The fourth-order valence-corrected chi connectivity index (χ4v) is 1.74. The number of para-hydroxylation sites is 1. The molecule has 2 N–H and O–H groups in total. The summed E-state index contributed by atoms with van der Waals surface area (Å²) in [4.78, 5) is 20.8. The average molecular weight is 273 g/mol. The number of nitrogens with zero attached hydrogens (tertiary/aromatic N) is 1. The molecule has 0 fully saturated rings. The Hall–Kier alpha value is -1.82. The molecular weight excluding hydrogens is 260 g/mol. The van der Waals surface area contributed by atoms with Gasteiger partial charge in [-0.25, -0.2) is 0 Å². The number of aliphatic carboxylic acids is 1. The maximum absolute atomic E-state index is 10.9. The van der Waals surface area contributed by atoms with Gasteiger partial charge < -0.3 is 10.4 Å². The highest BCUT2D eigenvalue weighted by molar-refractivity contribution is 6.33. The van der Waals surface area contributed by atoms with Crippen LogP contribution in [0.3, 0.4) is 0 Å². The number of benzene rings is 1. The van der Waals surface area contributed by atoms with Crippen LogP contribution in [0.15, 0.2) is 18.2 Å². The molecule has 0 radical (unpaired) electrons. The number of halogens is 1. The van der Waals surface area contributed by atoms with Gasteiger partial charge in [0.15, 0.2) is 0 Å². The van der Waals surface area contributed by atoms with Gasteiger partial charge in [0.1, 0.15) is 10.7 Å². The molecule has 1 rings (SSSR count). The SMILES string of the molecule is CC(CNc1cccc(Cl)c1[N+](=O)[O-])CC(=O)O. The van der Waals surface area contributed by atoms with E-state index in [0.717, 1.165) is 0 Å². The summed E-state index contributed by atoms with van der Waals surface area (Å²) in [5.41, 5.74) is 0.103. The Kier molecular flexibility index (Phi) is 4.91. The average Bonchev–Trinajstić information content (AvgIpc) is 2.24. The van der Waals surface area contributed by atoms with Gasteiger partial charge in [0.25, 0.3) is 0 Å². The zero-order valence-corrected chi connectivity index (χ0v) is 10.5. The summed E-state index contributed by atoms with van der Waals surface area (Å²) in [6.45, 7) is 2.07. The predicted molar refractivity (Wildman–Crippen MR) is 68.0 cm³/mol. The third-order valence-corrected chi connectivity index (χ3v) is 2.64. The Balaban J connectivity index is 2.76. The number of carboxylic acid groups (broad SMARTS) is 1. The third-order valence-electron chi connectivity index (χ3n) is 2.33. The number of rotatable bonds is 6. The fourth-order valence-electron chi connectivity index (χ4n) is 1.50. The number of nitro groups is 1. The molecule has 0 aliphatic rings.